The van der Waals surface area contributed by atoms with Gasteiger partial charge in [-0.15, -0.1) is 0 Å². The van der Waals surface area contributed by atoms with E-state index in [0.717, 1.165) is 42.2 Å². The van der Waals surface area contributed by atoms with Crippen molar-refractivity contribution < 1.29 is 9.47 Å². The highest BCUT2D eigenvalue weighted by molar-refractivity contribution is 5.93. The predicted molar refractivity (Wildman–Crippen MR) is 172 cm³/mol. The Morgan fingerprint density at radius 3 is 2.50 bits per heavy atom. The summed E-state index contributed by atoms with van der Waals surface area (Å²) >= 11 is 0. The van der Waals surface area contributed by atoms with Gasteiger partial charge in [-0.3, -0.25) is 4.90 Å². The molecule has 0 bridgehead atoms. The normalized spacial score (nSPS) is 28.1. The van der Waals surface area contributed by atoms with Crippen molar-refractivity contribution in [2.45, 2.75) is 121 Å². The SMILES string of the molecule is CCCCCN(C(C)C)C1CCC(OC2CC(Oc3ccc(-c4ccc5c6c(n(C)c5c4)C=CC4CC64)cn3)C2)CC1. The summed E-state index contributed by atoms with van der Waals surface area (Å²) in [4.78, 5) is 7.44. The Hall–Kier alpha value is -2.63. The van der Waals surface area contributed by atoms with Crippen molar-refractivity contribution in [3.8, 4) is 17.0 Å². The fraction of sp³-hybridized carbons (Fsp3) is 0.595. The van der Waals surface area contributed by atoms with Gasteiger partial charge in [-0.1, -0.05) is 38.0 Å². The summed E-state index contributed by atoms with van der Waals surface area (Å²) in [6.07, 6.45) is 19.8. The van der Waals surface area contributed by atoms with Gasteiger partial charge in [0.1, 0.15) is 6.10 Å². The highest BCUT2D eigenvalue weighted by atomic mass is 16.5. The molecule has 4 aliphatic rings. The van der Waals surface area contributed by atoms with E-state index < -0.39 is 0 Å². The summed E-state index contributed by atoms with van der Waals surface area (Å²) in [5.41, 5.74) is 6.59. The van der Waals surface area contributed by atoms with E-state index in [1.807, 2.05) is 12.3 Å². The van der Waals surface area contributed by atoms with Crippen LogP contribution in [0.5, 0.6) is 5.88 Å². The number of aryl methyl sites for hydroxylation is 1. The molecule has 1 aromatic carbocycles. The highest BCUT2D eigenvalue weighted by Crippen LogP contribution is 2.55. The quantitative estimate of drug-likeness (QED) is 0.218. The molecule has 3 aromatic rings. The Kier molecular flexibility index (Phi) is 7.92. The summed E-state index contributed by atoms with van der Waals surface area (Å²) < 4.78 is 15.1. The molecule has 5 heteroatoms. The number of nitrogens with zero attached hydrogens (tertiary/aromatic N) is 3. The molecule has 2 heterocycles. The van der Waals surface area contributed by atoms with Crippen LogP contribution in [0.3, 0.4) is 0 Å². The van der Waals surface area contributed by atoms with Crippen molar-refractivity contribution in [1.29, 1.82) is 0 Å². The van der Waals surface area contributed by atoms with Gasteiger partial charge in [0.25, 0.3) is 0 Å². The van der Waals surface area contributed by atoms with E-state index >= 15 is 0 Å². The van der Waals surface area contributed by atoms with E-state index in [2.05, 4.69) is 78.7 Å². The first-order valence-electron chi connectivity index (χ1n) is 16.8. The number of allylic oxidation sites excluding steroid dienone is 1. The van der Waals surface area contributed by atoms with Gasteiger partial charge in [0.15, 0.2) is 0 Å². The summed E-state index contributed by atoms with van der Waals surface area (Å²) in [5.74, 6) is 2.21. The monoisotopic (exact) mass is 567 g/mol. The minimum Gasteiger partial charge on any atom is -0.474 e. The zero-order valence-corrected chi connectivity index (χ0v) is 26.1. The molecule has 7 rings (SSSR count). The minimum absolute atomic E-state index is 0.213. The molecule has 2 atom stereocenters. The number of ether oxygens (including phenoxy) is 2. The van der Waals surface area contributed by atoms with E-state index in [-0.39, 0.29) is 6.10 Å². The number of benzene rings is 1. The Labute approximate surface area is 252 Å². The number of aromatic nitrogens is 2. The largest absolute Gasteiger partial charge is 0.474 e. The topological polar surface area (TPSA) is 39.5 Å². The molecule has 0 aliphatic heterocycles. The molecule has 0 amide bonds. The van der Waals surface area contributed by atoms with Gasteiger partial charge in [-0.05, 0) is 100 Å². The maximum Gasteiger partial charge on any atom is 0.213 e. The highest BCUT2D eigenvalue weighted by Gasteiger charge is 2.42. The summed E-state index contributed by atoms with van der Waals surface area (Å²) in [5, 5.41) is 1.41. The average Bonchev–Trinajstić information content (AvgIpc) is 3.72. The van der Waals surface area contributed by atoms with Crippen molar-refractivity contribution in [3.63, 3.8) is 0 Å². The second kappa shape index (κ2) is 11.8. The molecule has 42 heavy (non-hydrogen) atoms. The lowest BCUT2D eigenvalue weighted by atomic mass is 9.88. The van der Waals surface area contributed by atoms with Crippen LogP contribution in [0.25, 0.3) is 28.1 Å². The molecule has 3 fully saturated rings. The van der Waals surface area contributed by atoms with E-state index in [1.165, 1.54) is 80.1 Å². The van der Waals surface area contributed by atoms with Crippen molar-refractivity contribution in [2.24, 2.45) is 13.0 Å². The third kappa shape index (κ3) is 5.55. The van der Waals surface area contributed by atoms with Gasteiger partial charge < -0.3 is 14.0 Å². The average molecular weight is 568 g/mol. The van der Waals surface area contributed by atoms with Crippen LogP contribution in [0, 0.1) is 5.92 Å². The van der Waals surface area contributed by atoms with E-state index in [9.17, 15) is 0 Å². The third-order valence-electron chi connectivity index (χ3n) is 10.6. The Morgan fingerprint density at radius 2 is 1.76 bits per heavy atom. The maximum atomic E-state index is 6.52. The van der Waals surface area contributed by atoms with Crippen LogP contribution >= 0.6 is 0 Å². The van der Waals surface area contributed by atoms with Crippen molar-refractivity contribution in [2.75, 3.05) is 6.54 Å². The van der Waals surface area contributed by atoms with Gasteiger partial charge in [0, 0.05) is 66.4 Å². The molecular weight excluding hydrogens is 518 g/mol. The lowest BCUT2D eigenvalue weighted by Crippen LogP contribution is -2.46. The zero-order valence-electron chi connectivity index (χ0n) is 26.1. The Morgan fingerprint density at radius 1 is 0.952 bits per heavy atom. The van der Waals surface area contributed by atoms with Gasteiger partial charge in [-0.2, -0.15) is 0 Å². The molecule has 5 nitrogen and oxygen atoms in total. The molecule has 0 radical (unpaired) electrons. The van der Waals surface area contributed by atoms with Crippen LogP contribution in [-0.2, 0) is 11.8 Å². The van der Waals surface area contributed by atoms with Gasteiger partial charge in [-0.25, -0.2) is 4.98 Å². The molecule has 4 aliphatic carbocycles. The molecule has 2 unspecified atom stereocenters. The zero-order chi connectivity index (χ0) is 28.8. The Bertz CT molecular complexity index is 1410. The van der Waals surface area contributed by atoms with Crippen LogP contribution in [0.15, 0.2) is 42.6 Å². The molecule has 224 valence electrons. The minimum atomic E-state index is 0.213. The number of hydrogen-bond acceptors (Lipinski definition) is 4. The molecule has 3 saturated carbocycles. The van der Waals surface area contributed by atoms with Crippen molar-refractivity contribution in [3.05, 3.63) is 53.9 Å². The van der Waals surface area contributed by atoms with Crippen LogP contribution in [0.4, 0.5) is 0 Å². The first kappa shape index (κ1) is 28.2. The first-order chi connectivity index (χ1) is 20.5. The molecule has 2 aromatic heterocycles. The predicted octanol–water partition coefficient (Wildman–Crippen LogP) is 8.51. The van der Waals surface area contributed by atoms with Gasteiger partial charge in [0.2, 0.25) is 5.88 Å². The second-order valence-electron chi connectivity index (χ2n) is 13.8. The smallest absolute Gasteiger partial charge is 0.213 e. The Balaban J connectivity index is 0.886. The number of unbranched alkanes of at least 4 members (excludes halogenated alkanes) is 2. The molecular formula is C37H49N3O2. The van der Waals surface area contributed by atoms with E-state index in [0.29, 0.717) is 18.2 Å². The lowest BCUT2D eigenvalue weighted by molar-refractivity contribution is -0.111. The molecule has 0 N–H and O–H groups in total. The number of pyridine rings is 1. The maximum absolute atomic E-state index is 6.52. The second-order valence-corrected chi connectivity index (χ2v) is 13.8. The van der Waals surface area contributed by atoms with Gasteiger partial charge >= 0.3 is 0 Å². The summed E-state index contributed by atoms with van der Waals surface area (Å²) in [6.45, 7) is 8.27. The third-order valence-corrected chi connectivity index (χ3v) is 10.6. The number of rotatable bonds is 11. The van der Waals surface area contributed by atoms with Crippen LogP contribution in [0.2, 0.25) is 0 Å². The number of hydrogen-bond donors (Lipinski definition) is 0. The summed E-state index contributed by atoms with van der Waals surface area (Å²) in [6, 6.07) is 12.4. The van der Waals surface area contributed by atoms with E-state index in [4.69, 9.17) is 9.47 Å². The van der Waals surface area contributed by atoms with Crippen LogP contribution < -0.4 is 4.74 Å². The first-order valence-corrected chi connectivity index (χ1v) is 16.8. The lowest BCUT2D eigenvalue weighted by Gasteiger charge is -2.42. The van der Waals surface area contributed by atoms with Crippen LogP contribution in [0.1, 0.15) is 102 Å². The molecule has 0 spiro atoms. The van der Waals surface area contributed by atoms with E-state index in [1.54, 1.807) is 5.56 Å². The molecule has 0 saturated heterocycles. The van der Waals surface area contributed by atoms with Crippen LogP contribution in [-0.4, -0.2) is 51.4 Å². The van der Waals surface area contributed by atoms with Crippen molar-refractivity contribution in [1.82, 2.24) is 14.5 Å². The van der Waals surface area contributed by atoms with Gasteiger partial charge in [0.05, 0.1) is 12.2 Å². The fourth-order valence-corrected chi connectivity index (χ4v) is 7.94. The van der Waals surface area contributed by atoms with Crippen molar-refractivity contribution >= 4 is 17.0 Å². The summed E-state index contributed by atoms with van der Waals surface area (Å²) in [7, 11) is 2.20. The standard InChI is InChI=1S/C37H49N3O2/c1-5-6-7-18-40(24(2)3)28-11-13-29(14-12-28)41-30-21-31(22-30)42-36-17-10-27(23-38-36)25-8-15-32-35(20-25)39(4)34-16-9-26-19-33(26)37(32)34/h8-10,15-17,20,23-24,26,28-31,33H,5-7,11-14,18-19,21-22H2,1-4H3. The number of fused-ring (bicyclic) bond motifs is 5. The fourth-order valence-electron chi connectivity index (χ4n) is 7.94.